The van der Waals surface area contributed by atoms with E-state index in [1.54, 1.807) is 6.20 Å². The minimum absolute atomic E-state index is 0.315. The minimum atomic E-state index is -0.315. The molecule has 6 heteroatoms. The second kappa shape index (κ2) is 6.69. The molecule has 3 aromatic heterocycles. The maximum absolute atomic E-state index is 6.01. The summed E-state index contributed by atoms with van der Waals surface area (Å²) in [5.41, 5.74) is 6.73. The highest BCUT2D eigenvalue weighted by Crippen LogP contribution is 2.42. The van der Waals surface area contributed by atoms with Crippen molar-refractivity contribution >= 4 is 11.0 Å². The molecule has 0 amide bonds. The van der Waals surface area contributed by atoms with Crippen LogP contribution in [-0.2, 0) is 0 Å². The number of fused-ring (bicyclic) bond motifs is 1. The van der Waals surface area contributed by atoms with Gasteiger partial charge in [-0.2, -0.15) is 0 Å². The zero-order valence-electron chi connectivity index (χ0n) is 18.0. The lowest BCUT2D eigenvalue weighted by Gasteiger charge is -2.20. The lowest BCUT2D eigenvalue weighted by molar-refractivity contribution is 0.124. The highest BCUT2D eigenvalue weighted by Gasteiger charge is 2.28. The van der Waals surface area contributed by atoms with Gasteiger partial charge < -0.3 is 14.2 Å². The SMILES string of the molecule is Cc1noc(C)c1-c1cc(-c2ccnc(OC(C)(C)C)c2)c2nc(C3CC3)[nH]c2c1. The summed E-state index contributed by atoms with van der Waals surface area (Å²) in [5.74, 6) is 3.03. The topological polar surface area (TPSA) is 76.8 Å². The van der Waals surface area contributed by atoms with E-state index in [0.29, 0.717) is 11.8 Å². The molecule has 1 saturated carbocycles. The number of ether oxygens (including phenoxy) is 1. The average molecular weight is 402 g/mol. The lowest BCUT2D eigenvalue weighted by atomic mass is 9.97. The van der Waals surface area contributed by atoms with Gasteiger partial charge in [0.25, 0.3) is 0 Å². The molecule has 0 radical (unpaired) electrons. The predicted molar refractivity (Wildman–Crippen MR) is 117 cm³/mol. The molecule has 0 aliphatic heterocycles. The Morgan fingerprint density at radius 2 is 1.90 bits per heavy atom. The summed E-state index contributed by atoms with van der Waals surface area (Å²) < 4.78 is 11.4. The first-order valence-electron chi connectivity index (χ1n) is 10.4. The number of imidazole rings is 1. The Morgan fingerprint density at radius 3 is 2.57 bits per heavy atom. The Bertz CT molecular complexity index is 1220. The molecule has 1 fully saturated rings. The molecule has 0 unspecified atom stereocenters. The van der Waals surface area contributed by atoms with Crippen LogP contribution in [0.5, 0.6) is 5.88 Å². The third kappa shape index (κ3) is 3.47. The van der Waals surface area contributed by atoms with Crippen molar-refractivity contribution in [3.8, 4) is 28.1 Å². The van der Waals surface area contributed by atoms with Gasteiger partial charge in [0.05, 0.1) is 16.7 Å². The second-order valence-corrected chi connectivity index (χ2v) is 9.11. The third-order valence-electron chi connectivity index (χ3n) is 5.35. The maximum atomic E-state index is 6.01. The van der Waals surface area contributed by atoms with E-state index in [1.807, 2.05) is 46.8 Å². The van der Waals surface area contributed by atoms with Crippen molar-refractivity contribution in [2.75, 3.05) is 0 Å². The summed E-state index contributed by atoms with van der Waals surface area (Å²) in [6.07, 6.45) is 4.19. The minimum Gasteiger partial charge on any atom is -0.472 e. The number of hydrogen-bond donors (Lipinski definition) is 1. The molecule has 5 rings (SSSR count). The van der Waals surface area contributed by atoms with E-state index in [-0.39, 0.29) is 5.60 Å². The standard InChI is InChI=1S/C24H26N4O2/c1-13-21(14(2)30-28-13)17-10-18(16-8-9-25-20(12-16)29-24(3,4)5)22-19(11-17)26-23(27-22)15-6-7-15/h8-12,15H,6-7H2,1-5H3,(H,26,27). The second-order valence-electron chi connectivity index (χ2n) is 9.11. The number of aromatic nitrogens is 4. The van der Waals surface area contributed by atoms with Gasteiger partial charge >= 0.3 is 0 Å². The number of nitrogens with one attached hydrogen (secondary N) is 1. The fraction of sp³-hybridized carbons (Fsp3) is 0.375. The fourth-order valence-electron chi connectivity index (χ4n) is 3.89. The number of aryl methyl sites for hydroxylation is 2. The summed E-state index contributed by atoms with van der Waals surface area (Å²) >= 11 is 0. The van der Waals surface area contributed by atoms with E-state index in [4.69, 9.17) is 14.2 Å². The molecule has 0 saturated heterocycles. The van der Waals surface area contributed by atoms with Crippen LogP contribution in [-0.4, -0.2) is 25.7 Å². The number of aromatic amines is 1. The molecule has 30 heavy (non-hydrogen) atoms. The number of hydrogen-bond acceptors (Lipinski definition) is 5. The highest BCUT2D eigenvalue weighted by molar-refractivity contribution is 5.96. The molecule has 6 nitrogen and oxygen atoms in total. The lowest BCUT2D eigenvalue weighted by Crippen LogP contribution is -2.23. The normalized spacial score (nSPS) is 14.4. The molecule has 1 aromatic carbocycles. The number of benzene rings is 1. The number of H-pyrrole nitrogens is 1. The van der Waals surface area contributed by atoms with Gasteiger partial charge in [-0.25, -0.2) is 9.97 Å². The van der Waals surface area contributed by atoms with Crippen LogP contribution in [0.25, 0.3) is 33.3 Å². The first-order valence-corrected chi connectivity index (χ1v) is 10.4. The van der Waals surface area contributed by atoms with Gasteiger partial charge in [-0.1, -0.05) is 5.16 Å². The summed E-state index contributed by atoms with van der Waals surface area (Å²) in [6.45, 7) is 9.98. The Kier molecular flexibility index (Phi) is 4.20. The van der Waals surface area contributed by atoms with E-state index in [0.717, 1.165) is 50.6 Å². The molecule has 4 aromatic rings. The number of nitrogens with zero attached hydrogens (tertiary/aromatic N) is 3. The van der Waals surface area contributed by atoms with Crippen LogP contribution in [0.15, 0.2) is 35.0 Å². The van der Waals surface area contributed by atoms with Crippen molar-refractivity contribution < 1.29 is 9.26 Å². The Morgan fingerprint density at radius 1 is 1.10 bits per heavy atom. The third-order valence-corrected chi connectivity index (χ3v) is 5.35. The van der Waals surface area contributed by atoms with E-state index >= 15 is 0 Å². The molecule has 1 N–H and O–H groups in total. The summed E-state index contributed by atoms with van der Waals surface area (Å²) in [7, 11) is 0. The highest BCUT2D eigenvalue weighted by atomic mass is 16.5. The molecular formula is C24H26N4O2. The monoisotopic (exact) mass is 402 g/mol. The van der Waals surface area contributed by atoms with E-state index in [2.05, 4.69) is 27.3 Å². The van der Waals surface area contributed by atoms with Crippen LogP contribution in [0.4, 0.5) is 0 Å². The number of rotatable bonds is 4. The van der Waals surface area contributed by atoms with Gasteiger partial charge in [0.2, 0.25) is 5.88 Å². The predicted octanol–water partition coefficient (Wildman–Crippen LogP) is 5.95. The molecule has 0 atom stereocenters. The van der Waals surface area contributed by atoms with Crippen molar-refractivity contribution in [3.05, 3.63) is 47.7 Å². The van der Waals surface area contributed by atoms with Crippen molar-refractivity contribution in [2.45, 2.75) is 59.0 Å². The van der Waals surface area contributed by atoms with Gasteiger partial charge in [0.1, 0.15) is 17.2 Å². The van der Waals surface area contributed by atoms with Crippen LogP contribution in [0.1, 0.15) is 56.8 Å². The van der Waals surface area contributed by atoms with Gasteiger partial charge in [-0.15, -0.1) is 0 Å². The molecule has 154 valence electrons. The van der Waals surface area contributed by atoms with Crippen molar-refractivity contribution in [3.63, 3.8) is 0 Å². The van der Waals surface area contributed by atoms with Crippen LogP contribution in [0.2, 0.25) is 0 Å². The molecule has 1 aliphatic rings. The van der Waals surface area contributed by atoms with Gasteiger partial charge in [-0.3, -0.25) is 0 Å². The van der Waals surface area contributed by atoms with Gasteiger partial charge in [-0.05, 0) is 76.8 Å². The van der Waals surface area contributed by atoms with Crippen molar-refractivity contribution in [2.24, 2.45) is 0 Å². The van der Waals surface area contributed by atoms with E-state index in [1.165, 1.54) is 12.8 Å². The van der Waals surface area contributed by atoms with Crippen LogP contribution in [0.3, 0.4) is 0 Å². The van der Waals surface area contributed by atoms with Crippen LogP contribution in [0, 0.1) is 13.8 Å². The Hall–Kier alpha value is -3.15. The Balaban J connectivity index is 1.71. The average Bonchev–Trinajstić information content (AvgIpc) is 3.35. The van der Waals surface area contributed by atoms with Crippen LogP contribution < -0.4 is 4.74 Å². The summed E-state index contributed by atoms with van der Waals surface area (Å²) in [5, 5.41) is 4.14. The van der Waals surface area contributed by atoms with Crippen molar-refractivity contribution in [1.29, 1.82) is 0 Å². The largest absolute Gasteiger partial charge is 0.472 e. The first-order chi connectivity index (χ1) is 14.3. The maximum Gasteiger partial charge on any atom is 0.214 e. The zero-order chi connectivity index (χ0) is 21.0. The quantitative estimate of drug-likeness (QED) is 0.456. The van der Waals surface area contributed by atoms with Crippen LogP contribution >= 0.6 is 0 Å². The van der Waals surface area contributed by atoms with E-state index < -0.39 is 0 Å². The zero-order valence-corrected chi connectivity index (χ0v) is 18.0. The first kappa shape index (κ1) is 18.9. The Labute approximate surface area is 175 Å². The van der Waals surface area contributed by atoms with Crippen molar-refractivity contribution in [1.82, 2.24) is 20.1 Å². The molecule has 1 aliphatic carbocycles. The van der Waals surface area contributed by atoms with E-state index in [9.17, 15) is 0 Å². The molecule has 0 bridgehead atoms. The molecule has 3 heterocycles. The van der Waals surface area contributed by atoms with Gasteiger partial charge in [0.15, 0.2) is 0 Å². The molecule has 0 spiro atoms. The summed E-state index contributed by atoms with van der Waals surface area (Å²) in [6, 6.07) is 8.32. The number of pyridine rings is 1. The van der Waals surface area contributed by atoms with Gasteiger partial charge in [0, 0.05) is 29.3 Å². The fourth-order valence-corrected chi connectivity index (χ4v) is 3.89. The molecular weight excluding hydrogens is 376 g/mol. The smallest absolute Gasteiger partial charge is 0.214 e. The summed E-state index contributed by atoms with van der Waals surface area (Å²) in [4.78, 5) is 12.9.